The van der Waals surface area contributed by atoms with Crippen LogP contribution in [0.4, 0.5) is 0 Å². The van der Waals surface area contributed by atoms with Gasteiger partial charge in [0, 0.05) is 13.1 Å². The fourth-order valence-corrected chi connectivity index (χ4v) is 1.78. The Kier molecular flexibility index (Phi) is 2.49. The van der Waals surface area contributed by atoms with E-state index in [1.807, 2.05) is 7.05 Å². The van der Waals surface area contributed by atoms with Gasteiger partial charge in [0.05, 0.1) is 5.92 Å². The van der Waals surface area contributed by atoms with E-state index in [1.54, 1.807) is 0 Å². The molecule has 1 N–H and O–H groups in total. The number of carbonyl (C=O) groups is 1. The van der Waals surface area contributed by atoms with E-state index in [4.69, 9.17) is 5.11 Å². The zero-order valence-corrected chi connectivity index (χ0v) is 7.08. The maximum Gasteiger partial charge on any atom is 0.308 e. The van der Waals surface area contributed by atoms with Crippen LogP contribution in [0.1, 0.15) is 13.3 Å². The van der Waals surface area contributed by atoms with Crippen LogP contribution in [0.25, 0.3) is 0 Å². The summed E-state index contributed by atoms with van der Waals surface area (Å²) in [6.07, 6.45) is 0.974. The van der Waals surface area contributed by atoms with Crippen LogP contribution in [-0.4, -0.2) is 36.1 Å². The second-order valence-corrected chi connectivity index (χ2v) is 3.33. The molecular formula is C8H15NO2. The van der Waals surface area contributed by atoms with E-state index in [9.17, 15) is 4.79 Å². The molecule has 1 rings (SSSR count). The quantitative estimate of drug-likeness (QED) is 0.640. The zero-order valence-electron chi connectivity index (χ0n) is 7.08. The van der Waals surface area contributed by atoms with Crippen molar-refractivity contribution < 1.29 is 9.90 Å². The van der Waals surface area contributed by atoms with Gasteiger partial charge in [0.25, 0.3) is 0 Å². The second kappa shape index (κ2) is 3.22. The van der Waals surface area contributed by atoms with Crippen molar-refractivity contribution in [3.8, 4) is 0 Å². The van der Waals surface area contributed by atoms with Gasteiger partial charge in [0.2, 0.25) is 0 Å². The maximum atomic E-state index is 10.7. The minimum atomic E-state index is -0.638. The molecule has 3 nitrogen and oxygen atoms in total. The first-order valence-corrected chi connectivity index (χ1v) is 4.06. The summed E-state index contributed by atoms with van der Waals surface area (Å²) in [5.74, 6) is -0.413. The Bertz CT molecular complexity index is 158. The Morgan fingerprint density at radius 2 is 2.27 bits per heavy atom. The summed E-state index contributed by atoms with van der Waals surface area (Å²) >= 11 is 0. The number of rotatable bonds is 2. The number of aliphatic carboxylic acids is 1. The lowest BCUT2D eigenvalue weighted by molar-refractivity contribution is -0.142. The molecule has 0 aliphatic carbocycles. The smallest absolute Gasteiger partial charge is 0.308 e. The molecule has 11 heavy (non-hydrogen) atoms. The first-order chi connectivity index (χ1) is 5.15. The van der Waals surface area contributed by atoms with Gasteiger partial charge < -0.3 is 10.0 Å². The van der Waals surface area contributed by atoms with E-state index in [0.29, 0.717) is 12.5 Å². The molecule has 1 aliphatic rings. The molecule has 1 fully saturated rings. The highest BCUT2D eigenvalue weighted by atomic mass is 16.4. The summed E-state index contributed by atoms with van der Waals surface area (Å²) in [6, 6.07) is 0. The molecule has 0 aromatic heterocycles. The Morgan fingerprint density at radius 3 is 2.64 bits per heavy atom. The van der Waals surface area contributed by atoms with E-state index in [1.165, 1.54) is 0 Å². The van der Waals surface area contributed by atoms with Crippen LogP contribution in [0, 0.1) is 11.8 Å². The van der Waals surface area contributed by atoms with E-state index < -0.39 is 5.97 Å². The van der Waals surface area contributed by atoms with Gasteiger partial charge in [-0.3, -0.25) is 4.79 Å². The van der Waals surface area contributed by atoms with Gasteiger partial charge in [-0.15, -0.1) is 0 Å². The molecule has 1 aliphatic heterocycles. The van der Waals surface area contributed by atoms with Crippen molar-refractivity contribution in [2.24, 2.45) is 11.8 Å². The Hall–Kier alpha value is -0.570. The van der Waals surface area contributed by atoms with Crippen LogP contribution >= 0.6 is 0 Å². The van der Waals surface area contributed by atoms with Crippen molar-refractivity contribution in [1.29, 1.82) is 0 Å². The third-order valence-electron chi connectivity index (χ3n) is 2.47. The average molecular weight is 157 g/mol. The third kappa shape index (κ3) is 1.71. The van der Waals surface area contributed by atoms with Gasteiger partial charge in [-0.25, -0.2) is 0 Å². The Balaban J connectivity index is 2.57. The number of carboxylic acid groups (broad SMARTS) is 1. The molecular weight excluding hydrogens is 142 g/mol. The molecule has 3 heteroatoms. The number of nitrogens with zero attached hydrogens (tertiary/aromatic N) is 1. The number of hydrogen-bond donors (Lipinski definition) is 1. The lowest BCUT2D eigenvalue weighted by Gasteiger charge is -2.10. The molecule has 0 spiro atoms. The fraction of sp³-hybridized carbons (Fsp3) is 0.875. The molecule has 0 saturated carbocycles. The molecule has 1 saturated heterocycles. The first kappa shape index (κ1) is 8.53. The average Bonchev–Trinajstić information content (AvgIpc) is 2.30. The molecule has 0 amide bonds. The van der Waals surface area contributed by atoms with Gasteiger partial charge in [0.15, 0.2) is 0 Å². The zero-order chi connectivity index (χ0) is 8.43. The van der Waals surface area contributed by atoms with Crippen molar-refractivity contribution >= 4 is 5.97 Å². The van der Waals surface area contributed by atoms with E-state index in [0.717, 1.165) is 13.0 Å². The van der Waals surface area contributed by atoms with E-state index >= 15 is 0 Å². The summed E-state index contributed by atoms with van der Waals surface area (Å²) < 4.78 is 0. The molecule has 0 aromatic rings. The Labute approximate surface area is 67.0 Å². The summed E-state index contributed by atoms with van der Waals surface area (Å²) in [7, 11) is 1.98. The monoisotopic (exact) mass is 157 g/mol. The lowest BCUT2D eigenvalue weighted by Crippen LogP contribution is -2.21. The SMILES string of the molecule is CCC1CN(C)CC1C(=O)O. The van der Waals surface area contributed by atoms with E-state index in [2.05, 4.69) is 11.8 Å². The number of carboxylic acids is 1. The van der Waals surface area contributed by atoms with Crippen molar-refractivity contribution in [3.05, 3.63) is 0 Å². The second-order valence-electron chi connectivity index (χ2n) is 3.33. The molecule has 0 radical (unpaired) electrons. The van der Waals surface area contributed by atoms with E-state index in [-0.39, 0.29) is 5.92 Å². The largest absolute Gasteiger partial charge is 0.481 e. The maximum absolute atomic E-state index is 10.7. The third-order valence-corrected chi connectivity index (χ3v) is 2.47. The standard InChI is InChI=1S/C8H15NO2/c1-3-6-4-9(2)5-7(6)8(10)11/h6-7H,3-5H2,1-2H3,(H,10,11). The lowest BCUT2D eigenvalue weighted by atomic mass is 9.94. The van der Waals surface area contributed by atoms with Crippen LogP contribution in [-0.2, 0) is 4.79 Å². The summed E-state index contributed by atoms with van der Waals surface area (Å²) in [4.78, 5) is 12.8. The van der Waals surface area contributed by atoms with Gasteiger partial charge in [-0.05, 0) is 13.0 Å². The van der Waals surface area contributed by atoms with Gasteiger partial charge in [0.1, 0.15) is 0 Å². The minimum Gasteiger partial charge on any atom is -0.481 e. The summed E-state index contributed by atoms with van der Waals surface area (Å²) in [6.45, 7) is 3.71. The fourth-order valence-electron chi connectivity index (χ4n) is 1.78. The molecule has 2 unspecified atom stereocenters. The molecule has 0 aromatic carbocycles. The molecule has 64 valence electrons. The summed E-state index contributed by atoms with van der Waals surface area (Å²) in [5, 5.41) is 8.81. The van der Waals surface area contributed by atoms with Crippen LogP contribution in [0.5, 0.6) is 0 Å². The van der Waals surface area contributed by atoms with Gasteiger partial charge in [-0.1, -0.05) is 13.3 Å². The topological polar surface area (TPSA) is 40.5 Å². The minimum absolute atomic E-state index is 0.134. The van der Waals surface area contributed by atoms with Crippen LogP contribution in [0.2, 0.25) is 0 Å². The Morgan fingerprint density at radius 1 is 1.64 bits per heavy atom. The van der Waals surface area contributed by atoms with Crippen LogP contribution < -0.4 is 0 Å². The first-order valence-electron chi connectivity index (χ1n) is 4.06. The number of likely N-dealkylation sites (tertiary alicyclic amines) is 1. The van der Waals surface area contributed by atoms with Crippen molar-refractivity contribution in [2.45, 2.75) is 13.3 Å². The predicted octanol–water partition coefficient (Wildman–Crippen LogP) is 0.659. The molecule has 1 heterocycles. The highest BCUT2D eigenvalue weighted by Gasteiger charge is 2.34. The number of hydrogen-bond acceptors (Lipinski definition) is 2. The van der Waals surface area contributed by atoms with Crippen molar-refractivity contribution in [3.63, 3.8) is 0 Å². The van der Waals surface area contributed by atoms with Gasteiger partial charge >= 0.3 is 5.97 Å². The highest BCUT2D eigenvalue weighted by molar-refractivity contribution is 5.71. The van der Waals surface area contributed by atoms with Crippen molar-refractivity contribution in [2.75, 3.05) is 20.1 Å². The molecule has 2 atom stereocenters. The molecule has 0 bridgehead atoms. The summed E-state index contributed by atoms with van der Waals surface area (Å²) in [5.41, 5.74) is 0. The normalized spacial score (nSPS) is 32.5. The van der Waals surface area contributed by atoms with Gasteiger partial charge in [-0.2, -0.15) is 0 Å². The van der Waals surface area contributed by atoms with Crippen LogP contribution in [0.3, 0.4) is 0 Å². The predicted molar refractivity (Wildman–Crippen MR) is 42.4 cm³/mol. The van der Waals surface area contributed by atoms with Crippen LogP contribution in [0.15, 0.2) is 0 Å². The highest BCUT2D eigenvalue weighted by Crippen LogP contribution is 2.24. The van der Waals surface area contributed by atoms with Crippen molar-refractivity contribution in [1.82, 2.24) is 4.90 Å².